The number of benzene rings is 1. The van der Waals surface area contributed by atoms with Crippen LogP contribution in [0.15, 0.2) is 53.3 Å². The van der Waals surface area contributed by atoms with Crippen LogP contribution in [0, 0.1) is 5.92 Å². The van der Waals surface area contributed by atoms with E-state index in [4.69, 9.17) is 21.1 Å². The Labute approximate surface area is 241 Å². The number of methoxy groups -OCH3 is 1. The van der Waals surface area contributed by atoms with Gasteiger partial charge in [-0.05, 0) is 44.1 Å². The van der Waals surface area contributed by atoms with Gasteiger partial charge in [0.25, 0.3) is 0 Å². The molecule has 42 heavy (non-hydrogen) atoms. The molecule has 2 aliphatic rings. The number of allylic oxidation sites excluding steroid dienone is 1. The van der Waals surface area contributed by atoms with Crippen molar-refractivity contribution >= 4 is 28.9 Å². The summed E-state index contributed by atoms with van der Waals surface area (Å²) in [6, 6.07) is 4.82. The highest BCUT2D eigenvalue weighted by Crippen LogP contribution is 2.45. The number of piperidine rings is 1. The largest absolute Gasteiger partial charge is 0.481 e. The molecule has 224 valence electrons. The predicted octanol–water partition coefficient (Wildman–Crippen LogP) is 6.10. The van der Waals surface area contributed by atoms with Crippen LogP contribution >= 0.6 is 11.6 Å². The van der Waals surface area contributed by atoms with E-state index in [0.717, 1.165) is 6.08 Å². The highest BCUT2D eigenvalue weighted by molar-refractivity contribution is 6.36. The molecule has 1 unspecified atom stereocenters. The summed E-state index contributed by atoms with van der Waals surface area (Å²) in [5.41, 5.74) is -1.55. The molecule has 0 aliphatic carbocycles. The van der Waals surface area contributed by atoms with Crippen LogP contribution in [0.2, 0.25) is 5.02 Å². The van der Waals surface area contributed by atoms with Crippen LogP contribution in [-0.2, 0) is 23.9 Å². The number of aromatic nitrogens is 4. The van der Waals surface area contributed by atoms with Crippen LogP contribution in [0.1, 0.15) is 29.7 Å². The van der Waals surface area contributed by atoms with Crippen molar-refractivity contribution in [3.05, 3.63) is 70.2 Å². The zero-order chi connectivity index (χ0) is 30.4. The van der Waals surface area contributed by atoms with Gasteiger partial charge in [0.1, 0.15) is 11.4 Å². The SMILES string of the molecule is C=C1C=C(C(F)(F)F)N=COC1(c1ccc2nc(OC)c(CN3CCC(C(F)(F)F)CC3)c(Cl)c2c1)c1cnnn1C. The van der Waals surface area contributed by atoms with Gasteiger partial charge in [-0.15, -0.1) is 5.10 Å². The molecule has 5 rings (SSSR count). The summed E-state index contributed by atoms with van der Waals surface area (Å²) in [6.45, 7) is 4.51. The van der Waals surface area contributed by atoms with E-state index in [-0.39, 0.29) is 54.6 Å². The Balaban J connectivity index is 1.60. The number of aliphatic imine (C=N–C) groups is 1. The van der Waals surface area contributed by atoms with Crippen LogP contribution in [0.5, 0.6) is 5.88 Å². The number of fused-ring (bicyclic) bond motifs is 1. The van der Waals surface area contributed by atoms with Crippen molar-refractivity contribution in [1.82, 2.24) is 24.9 Å². The van der Waals surface area contributed by atoms with Gasteiger partial charge in [0.05, 0.1) is 29.8 Å². The second-order valence-corrected chi connectivity index (χ2v) is 10.4. The van der Waals surface area contributed by atoms with E-state index >= 15 is 0 Å². The third-order valence-corrected chi connectivity index (χ3v) is 7.99. The molecule has 1 fully saturated rings. The predicted molar refractivity (Wildman–Crippen MR) is 142 cm³/mol. The van der Waals surface area contributed by atoms with Crippen molar-refractivity contribution in [3.63, 3.8) is 0 Å². The van der Waals surface area contributed by atoms with Crippen molar-refractivity contribution in [2.75, 3.05) is 20.2 Å². The average molecular weight is 615 g/mol. The average Bonchev–Trinajstić information content (AvgIpc) is 3.28. The molecule has 2 aromatic heterocycles. The minimum absolute atomic E-state index is 0.0374. The Morgan fingerprint density at radius 1 is 1.17 bits per heavy atom. The van der Waals surface area contributed by atoms with Gasteiger partial charge in [0.2, 0.25) is 11.5 Å². The van der Waals surface area contributed by atoms with Crippen LogP contribution in [0.4, 0.5) is 26.3 Å². The molecule has 0 N–H and O–H groups in total. The zero-order valence-electron chi connectivity index (χ0n) is 22.4. The Kier molecular flexibility index (Phi) is 7.73. The van der Waals surface area contributed by atoms with E-state index in [1.54, 1.807) is 25.2 Å². The molecule has 8 nitrogen and oxygen atoms in total. The van der Waals surface area contributed by atoms with Gasteiger partial charge in [0.15, 0.2) is 6.40 Å². The fourth-order valence-corrected chi connectivity index (χ4v) is 5.63. The summed E-state index contributed by atoms with van der Waals surface area (Å²) in [5, 5.41) is 8.45. The molecule has 1 saturated heterocycles. The van der Waals surface area contributed by atoms with Crippen molar-refractivity contribution in [1.29, 1.82) is 0 Å². The topological polar surface area (TPSA) is 77.7 Å². The van der Waals surface area contributed by atoms with Crippen molar-refractivity contribution in [2.45, 2.75) is 37.3 Å². The number of halogens is 7. The number of hydrogen-bond acceptors (Lipinski definition) is 7. The standard InChI is InChI=1S/C27H25ClF6N6O2/c1-15-10-21(27(32,33)34)35-14-42-25(15,22-12-36-38-39(22)2)17-4-5-20-18(11-17)23(28)19(24(37-20)41-3)13-40-8-6-16(7-9-40)26(29,30)31/h4-5,10-12,14,16H,1,6-9,13H2,2-3H3. The first-order valence-corrected chi connectivity index (χ1v) is 13.1. The van der Waals surface area contributed by atoms with E-state index in [9.17, 15) is 26.3 Å². The van der Waals surface area contributed by atoms with Gasteiger partial charge in [-0.3, -0.25) is 4.90 Å². The summed E-state index contributed by atoms with van der Waals surface area (Å²) in [4.78, 5) is 9.86. The number of aryl methyl sites for hydroxylation is 1. The third-order valence-electron chi connectivity index (χ3n) is 7.56. The molecule has 1 aromatic carbocycles. The van der Waals surface area contributed by atoms with Crippen molar-refractivity contribution in [2.24, 2.45) is 18.0 Å². The summed E-state index contributed by atoms with van der Waals surface area (Å²) >= 11 is 6.90. The van der Waals surface area contributed by atoms with Gasteiger partial charge in [-0.2, -0.15) is 26.3 Å². The normalized spacial score (nSPS) is 20.9. The molecule has 4 heterocycles. The first-order chi connectivity index (χ1) is 19.8. The molecule has 3 aromatic rings. The lowest BCUT2D eigenvalue weighted by molar-refractivity contribution is -0.185. The number of pyridine rings is 1. The van der Waals surface area contributed by atoms with Crippen LogP contribution in [-0.4, -0.2) is 63.8 Å². The molecular weight excluding hydrogens is 590 g/mol. The molecule has 0 amide bonds. The second kappa shape index (κ2) is 10.9. The number of alkyl halides is 6. The Morgan fingerprint density at radius 3 is 2.48 bits per heavy atom. The number of nitrogens with zero attached hydrogens (tertiary/aromatic N) is 6. The fourth-order valence-electron chi connectivity index (χ4n) is 5.34. The number of rotatable bonds is 5. The Hall–Kier alpha value is -3.65. The smallest absolute Gasteiger partial charge is 0.433 e. The number of likely N-dealkylation sites (tertiary alicyclic amines) is 1. The fraction of sp³-hybridized carbons (Fsp3) is 0.407. The van der Waals surface area contributed by atoms with Crippen LogP contribution < -0.4 is 4.74 Å². The molecule has 0 bridgehead atoms. The lowest BCUT2D eigenvalue weighted by Crippen LogP contribution is -2.38. The summed E-state index contributed by atoms with van der Waals surface area (Å²) < 4.78 is 93.1. The van der Waals surface area contributed by atoms with Crippen molar-refractivity contribution in [3.8, 4) is 5.88 Å². The maximum Gasteiger partial charge on any atom is 0.433 e. The zero-order valence-corrected chi connectivity index (χ0v) is 23.2. The van der Waals surface area contributed by atoms with E-state index in [2.05, 4.69) is 26.9 Å². The minimum atomic E-state index is -4.76. The van der Waals surface area contributed by atoms with E-state index in [1.165, 1.54) is 18.0 Å². The Bertz CT molecular complexity index is 1580. The summed E-state index contributed by atoms with van der Waals surface area (Å²) in [7, 11) is 2.97. The van der Waals surface area contributed by atoms with Crippen LogP contribution in [0.25, 0.3) is 10.9 Å². The highest BCUT2D eigenvalue weighted by atomic mass is 35.5. The minimum Gasteiger partial charge on any atom is -0.481 e. The molecule has 2 aliphatic heterocycles. The molecule has 0 saturated carbocycles. The first kappa shape index (κ1) is 29.8. The second-order valence-electron chi connectivity index (χ2n) is 10.1. The molecule has 0 spiro atoms. The maximum absolute atomic E-state index is 13.6. The highest BCUT2D eigenvalue weighted by Gasteiger charge is 2.46. The first-order valence-electron chi connectivity index (χ1n) is 12.7. The van der Waals surface area contributed by atoms with Gasteiger partial charge < -0.3 is 9.47 Å². The summed E-state index contributed by atoms with van der Waals surface area (Å²) in [5.74, 6) is -1.15. The monoisotopic (exact) mass is 614 g/mol. The van der Waals surface area contributed by atoms with Crippen molar-refractivity contribution < 1.29 is 35.8 Å². The molecule has 15 heteroatoms. The van der Waals surface area contributed by atoms with Gasteiger partial charge in [-0.1, -0.05) is 29.5 Å². The quantitative estimate of drug-likeness (QED) is 0.323. The molecule has 0 radical (unpaired) electrons. The van der Waals surface area contributed by atoms with E-state index < -0.39 is 29.6 Å². The number of hydrogen-bond donors (Lipinski definition) is 0. The lowest BCUT2D eigenvalue weighted by atomic mass is 9.82. The Morgan fingerprint density at radius 2 is 1.88 bits per heavy atom. The van der Waals surface area contributed by atoms with Gasteiger partial charge in [-0.25, -0.2) is 14.7 Å². The van der Waals surface area contributed by atoms with E-state index in [0.29, 0.717) is 28.4 Å². The third kappa shape index (κ3) is 5.33. The molecular formula is C27H25ClF6N6O2. The van der Waals surface area contributed by atoms with Gasteiger partial charge >= 0.3 is 12.4 Å². The van der Waals surface area contributed by atoms with E-state index in [1.807, 2.05) is 4.90 Å². The van der Waals surface area contributed by atoms with Crippen LogP contribution in [0.3, 0.4) is 0 Å². The summed E-state index contributed by atoms with van der Waals surface area (Å²) in [6.07, 6.45) is -6.23. The molecule has 1 atom stereocenters. The lowest BCUT2D eigenvalue weighted by Gasteiger charge is -2.34. The van der Waals surface area contributed by atoms with Gasteiger partial charge in [0, 0.05) is 35.7 Å². The number of ether oxygens (including phenoxy) is 2. The maximum atomic E-state index is 13.6.